The lowest BCUT2D eigenvalue weighted by Crippen LogP contribution is -2.56. The first-order chi connectivity index (χ1) is 16.6. The maximum atomic E-state index is 13.0. The first-order valence-corrected chi connectivity index (χ1v) is 13.7. The molecule has 4 rings (SSSR count). The molecule has 3 aromatic carbocycles. The van der Waals surface area contributed by atoms with Gasteiger partial charge in [-0.25, -0.2) is 8.42 Å². The second-order valence-electron chi connectivity index (χ2n) is 8.89. The summed E-state index contributed by atoms with van der Waals surface area (Å²) in [6.45, 7) is 5.54. The second-order valence-corrected chi connectivity index (χ2v) is 10.6. The molecule has 0 spiro atoms. The molecule has 0 aromatic heterocycles. The Bertz CT molecular complexity index is 1060. The average Bonchev–Trinajstić information content (AvgIpc) is 2.89. The highest BCUT2D eigenvalue weighted by molar-refractivity contribution is 7.89. The van der Waals surface area contributed by atoms with E-state index in [1.54, 1.807) is 24.3 Å². The molecule has 0 radical (unpaired) electrons. The summed E-state index contributed by atoms with van der Waals surface area (Å²) in [6, 6.07) is 30.2. The Kier molecular flexibility index (Phi) is 8.51. The van der Waals surface area contributed by atoms with E-state index in [0.29, 0.717) is 4.90 Å². The van der Waals surface area contributed by atoms with Gasteiger partial charge in [-0.15, -0.1) is 0 Å². The van der Waals surface area contributed by atoms with Crippen molar-refractivity contribution in [3.8, 4) is 0 Å². The quantitative estimate of drug-likeness (QED) is 0.452. The number of piperazine rings is 1. The molecule has 5 nitrogen and oxygen atoms in total. The maximum Gasteiger partial charge on any atom is 0.241 e. The molecule has 1 fully saturated rings. The van der Waals surface area contributed by atoms with Crippen LogP contribution in [0.5, 0.6) is 0 Å². The maximum absolute atomic E-state index is 13.0. The van der Waals surface area contributed by atoms with Crippen LogP contribution >= 0.6 is 0 Å². The van der Waals surface area contributed by atoms with Crippen molar-refractivity contribution < 1.29 is 8.42 Å². The second kappa shape index (κ2) is 11.8. The van der Waals surface area contributed by atoms with E-state index in [1.807, 2.05) is 6.07 Å². The molecule has 3 aromatic rings. The minimum Gasteiger partial charge on any atom is -0.290 e. The van der Waals surface area contributed by atoms with Crippen LogP contribution < -0.4 is 4.72 Å². The zero-order valence-electron chi connectivity index (χ0n) is 19.9. The Morgan fingerprint density at radius 1 is 0.735 bits per heavy atom. The van der Waals surface area contributed by atoms with Crippen LogP contribution in [0.25, 0.3) is 0 Å². The molecular formula is C28H35N3O2S. The van der Waals surface area contributed by atoms with Crippen LogP contribution in [-0.2, 0) is 10.0 Å². The van der Waals surface area contributed by atoms with E-state index >= 15 is 0 Å². The number of unbranched alkanes of at least 4 members (excludes halogenated alkanes) is 1. The molecule has 1 aliphatic rings. The minimum absolute atomic E-state index is 0.194. The summed E-state index contributed by atoms with van der Waals surface area (Å²) in [6.07, 6.45) is 2.63. The lowest BCUT2D eigenvalue weighted by Gasteiger charge is -2.42. The third-order valence-corrected chi connectivity index (χ3v) is 8.04. The fourth-order valence-electron chi connectivity index (χ4n) is 4.75. The van der Waals surface area contributed by atoms with Crippen LogP contribution in [0, 0.1) is 0 Å². The Labute approximate surface area is 204 Å². The van der Waals surface area contributed by atoms with Crippen molar-refractivity contribution in [1.29, 1.82) is 0 Å². The molecule has 34 heavy (non-hydrogen) atoms. The Morgan fingerprint density at radius 3 is 1.71 bits per heavy atom. The van der Waals surface area contributed by atoms with Crippen molar-refractivity contribution in [3.05, 3.63) is 102 Å². The van der Waals surface area contributed by atoms with E-state index in [-0.39, 0.29) is 12.2 Å². The minimum atomic E-state index is -3.56. The number of sulfonamides is 1. The third-order valence-electron chi connectivity index (χ3n) is 6.56. The van der Waals surface area contributed by atoms with Gasteiger partial charge in [0.05, 0.1) is 17.1 Å². The normalized spacial score (nSPS) is 16.5. The molecular weight excluding hydrogens is 442 g/mol. The van der Waals surface area contributed by atoms with E-state index in [4.69, 9.17) is 0 Å². The monoisotopic (exact) mass is 477 g/mol. The molecule has 0 aliphatic carbocycles. The van der Waals surface area contributed by atoms with Gasteiger partial charge in [-0.1, -0.05) is 98.6 Å². The fourth-order valence-corrected chi connectivity index (χ4v) is 6.03. The van der Waals surface area contributed by atoms with E-state index in [1.165, 1.54) is 11.1 Å². The van der Waals surface area contributed by atoms with E-state index in [0.717, 1.165) is 45.4 Å². The van der Waals surface area contributed by atoms with Gasteiger partial charge >= 0.3 is 0 Å². The summed E-state index contributed by atoms with van der Waals surface area (Å²) >= 11 is 0. The topological polar surface area (TPSA) is 52.7 Å². The Morgan fingerprint density at radius 2 is 1.21 bits per heavy atom. The molecule has 1 heterocycles. The molecule has 180 valence electrons. The van der Waals surface area contributed by atoms with Crippen LogP contribution in [0.1, 0.15) is 43.4 Å². The number of nitrogens with zero attached hydrogens (tertiary/aromatic N) is 2. The lowest BCUT2D eigenvalue weighted by atomic mass is 9.96. The zero-order chi connectivity index (χ0) is 23.8. The van der Waals surface area contributed by atoms with E-state index < -0.39 is 10.0 Å². The van der Waals surface area contributed by atoms with Gasteiger partial charge in [0.1, 0.15) is 0 Å². The number of hydrogen-bond donors (Lipinski definition) is 1. The van der Waals surface area contributed by atoms with E-state index in [9.17, 15) is 8.42 Å². The van der Waals surface area contributed by atoms with Crippen molar-refractivity contribution in [2.75, 3.05) is 26.2 Å². The highest BCUT2D eigenvalue weighted by Gasteiger charge is 2.31. The van der Waals surface area contributed by atoms with Gasteiger partial charge in [0.25, 0.3) is 0 Å². The van der Waals surface area contributed by atoms with Crippen molar-refractivity contribution in [2.24, 2.45) is 0 Å². The molecule has 1 saturated heterocycles. The number of rotatable bonds is 10. The third kappa shape index (κ3) is 6.13. The van der Waals surface area contributed by atoms with Gasteiger partial charge in [0.2, 0.25) is 10.0 Å². The number of benzene rings is 3. The van der Waals surface area contributed by atoms with Crippen LogP contribution in [0.15, 0.2) is 95.9 Å². The standard InChI is InChI=1S/C28H35N3O2S/c1-2-3-19-27(29-34(32,33)26-17-11-6-12-18-26)30-20-22-31(23-21-30)28(24-13-7-4-8-14-24)25-15-9-5-10-16-25/h4-18,27-29H,2-3,19-23H2,1H3. The van der Waals surface area contributed by atoms with Crippen LogP contribution in [-0.4, -0.2) is 50.6 Å². The van der Waals surface area contributed by atoms with Gasteiger partial charge in [0, 0.05) is 26.2 Å². The highest BCUT2D eigenvalue weighted by atomic mass is 32.2. The summed E-state index contributed by atoms with van der Waals surface area (Å²) in [5, 5.41) is 0. The first-order valence-electron chi connectivity index (χ1n) is 12.2. The van der Waals surface area contributed by atoms with Gasteiger partial charge in [0.15, 0.2) is 0 Å². The van der Waals surface area contributed by atoms with Gasteiger partial charge in [-0.2, -0.15) is 4.72 Å². The Balaban J connectivity index is 1.49. The van der Waals surface area contributed by atoms with Gasteiger partial charge in [-0.05, 0) is 29.7 Å². The number of nitrogens with one attached hydrogen (secondary N) is 1. The molecule has 0 amide bonds. The Hall–Kier alpha value is -2.51. The molecule has 1 N–H and O–H groups in total. The SMILES string of the molecule is CCCCC(NS(=O)(=O)c1ccccc1)N1CCN(C(c2ccccc2)c2ccccc2)CC1. The largest absolute Gasteiger partial charge is 0.290 e. The predicted octanol–water partition coefficient (Wildman–Crippen LogP) is 4.89. The van der Waals surface area contributed by atoms with Crippen molar-refractivity contribution in [2.45, 2.75) is 43.3 Å². The van der Waals surface area contributed by atoms with Crippen molar-refractivity contribution >= 4 is 10.0 Å². The van der Waals surface area contributed by atoms with Crippen LogP contribution in [0.2, 0.25) is 0 Å². The molecule has 1 atom stereocenters. The molecule has 0 saturated carbocycles. The summed E-state index contributed by atoms with van der Waals surface area (Å²) in [5.74, 6) is 0. The first kappa shape index (κ1) is 24.6. The van der Waals surface area contributed by atoms with E-state index in [2.05, 4.69) is 82.1 Å². The van der Waals surface area contributed by atoms with Gasteiger partial charge in [-0.3, -0.25) is 9.80 Å². The van der Waals surface area contributed by atoms with Crippen molar-refractivity contribution in [1.82, 2.24) is 14.5 Å². The highest BCUT2D eigenvalue weighted by Crippen LogP contribution is 2.30. The summed E-state index contributed by atoms with van der Waals surface area (Å²) in [5.41, 5.74) is 2.57. The smallest absolute Gasteiger partial charge is 0.241 e. The van der Waals surface area contributed by atoms with Crippen LogP contribution in [0.3, 0.4) is 0 Å². The predicted molar refractivity (Wildman–Crippen MR) is 138 cm³/mol. The molecule has 0 bridgehead atoms. The summed E-state index contributed by atoms with van der Waals surface area (Å²) < 4.78 is 29.1. The molecule has 6 heteroatoms. The summed E-state index contributed by atoms with van der Waals surface area (Å²) in [4.78, 5) is 5.15. The lowest BCUT2D eigenvalue weighted by molar-refractivity contribution is 0.0706. The fraction of sp³-hybridized carbons (Fsp3) is 0.357. The zero-order valence-corrected chi connectivity index (χ0v) is 20.7. The van der Waals surface area contributed by atoms with Gasteiger partial charge < -0.3 is 0 Å². The van der Waals surface area contributed by atoms with Crippen molar-refractivity contribution in [3.63, 3.8) is 0 Å². The van der Waals surface area contributed by atoms with Crippen LogP contribution in [0.4, 0.5) is 0 Å². The average molecular weight is 478 g/mol. The molecule has 1 unspecified atom stereocenters. The molecule has 1 aliphatic heterocycles. The number of hydrogen-bond acceptors (Lipinski definition) is 4. The summed E-state index contributed by atoms with van der Waals surface area (Å²) in [7, 11) is -3.56.